The van der Waals surface area contributed by atoms with E-state index in [2.05, 4.69) is 5.32 Å². The van der Waals surface area contributed by atoms with Crippen LogP contribution in [-0.4, -0.2) is 44.1 Å². The first-order valence-corrected chi connectivity index (χ1v) is 10.1. The zero-order chi connectivity index (χ0) is 21.8. The van der Waals surface area contributed by atoms with E-state index in [9.17, 15) is 9.59 Å². The second kappa shape index (κ2) is 9.51. The molecular weight excluding hydrogens is 427 g/mol. The molecule has 1 aliphatic rings. The third-order valence-electron chi connectivity index (χ3n) is 4.71. The predicted molar refractivity (Wildman–Crippen MR) is 118 cm³/mol. The molecule has 6 nitrogen and oxygen atoms in total. The molecule has 0 spiro atoms. The van der Waals surface area contributed by atoms with Crippen LogP contribution in [0, 0.1) is 6.92 Å². The molecule has 0 aromatic heterocycles. The number of anilines is 1. The number of ether oxygens (including phenoxy) is 2. The van der Waals surface area contributed by atoms with Gasteiger partial charge in [-0.2, -0.15) is 0 Å². The van der Waals surface area contributed by atoms with Crippen molar-refractivity contribution in [3.05, 3.63) is 63.3 Å². The molecule has 0 bridgehead atoms. The van der Waals surface area contributed by atoms with E-state index in [1.54, 1.807) is 38.5 Å². The number of halogens is 2. The Morgan fingerprint density at radius 3 is 2.47 bits per heavy atom. The summed E-state index contributed by atoms with van der Waals surface area (Å²) in [7, 11) is 3.11. The van der Waals surface area contributed by atoms with Gasteiger partial charge in [0.15, 0.2) is 0 Å². The van der Waals surface area contributed by atoms with E-state index in [-0.39, 0.29) is 22.8 Å². The van der Waals surface area contributed by atoms with Gasteiger partial charge < -0.3 is 14.8 Å². The quantitative estimate of drug-likeness (QED) is 0.474. The SMILES string of the molecule is COCCCN1C(=O)C(Nc2cc(C)ccc2OC)=C(c2ccc(Cl)cc2Cl)C1=O. The number of hydrogen-bond acceptors (Lipinski definition) is 5. The van der Waals surface area contributed by atoms with Crippen LogP contribution < -0.4 is 10.1 Å². The highest BCUT2D eigenvalue weighted by molar-refractivity contribution is 6.41. The molecular formula is C22H22Cl2N2O4. The van der Waals surface area contributed by atoms with E-state index in [1.165, 1.54) is 4.90 Å². The fourth-order valence-corrected chi connectivity index (χ4v) is 3.76. The molecule has 8 heteroatoms. The summed E-state index contributed by atoms with van der Waals surface area (Å²) < 4.78 is 10.5. The summed E-state index contributed by atoms with van der Waals surface area (Å²) in [4.78, 5) is 27.6. The lowest BCUT2D eigenvalue weighted by Gasteiger charge is -2.15. The van der Waals surface area contributed by atoms with E-state index in [0.29, 0.717) is 35.1 Å². The van der Waals surface area contributed by atoms with Crippen LogP contribution >= 0.6 is 23.2 Å². The van der Waals surface area contributed by atoms with Crippen LogP contribution in [0.15, 0.2) is 42.1 Å². The van der Waals surface area contributed by atoms with Crippen molar-refractivity contribution in [2.45, 2.75) is 13.3 Å². The molecule has 0 radical (unpaired) electrons. The highest BCUT2D eigenvalue weighted by Gasteiger charge is 2.39. The van der Waals surface area contributed by atoms with E-state index < -0.39 is 11.8 Å². The second-order valence-corrected chi connectivity index (χ2v) is 7.65. The second-order valence-electron chi connectivity index (χ2n) is 6.81. The van der Waals surface area contributed by atoms with Crippen LogP contribution in [0.2, 0.25) is 10.0 Å². The van der Waals surface area contributed by atoms with Gasteiger partial charge >= 0.3 is 0 Å². The van der Waals surface area contributed by atoms with Crippen molar-refractivity contribution >= 4 is 46.3 Å². The number of carbonyl (C=O) groups excluding carboxylic acids is 2. The number of rotatable bonds is 8. The minimum Gasteiger partial charge on any atom is -0.495 e. The summed E-state index contributed by atoms with van der Waals surface area (Å²) >= 11 is 12.4. The average molecular weight is 449 g/mol. The number of nitrogens with one attached hydrogen (secondary N) is 1. The Morgan fingerprint density at radius 2 is 1.80 bits per heavy atom. The van der Waals surface area contributed by atoms with Gasteiger partial charge in [0, 0.05) is 30.8 Å². The van der Waals surface area contributed by atoms with E-state index in [4.69, 9.17) is 32.7 Å². The summed E-state index contributed by atoms with van der Waals surface area (Å²) in [6, 6.07) is 10.4. The average Bonchev–Trinajstić information content (AvgIpc) is 2.93. The molecule has 1 heterocycles. The van der Waals surface area contributed by atoms with E-state index in [0.717, 1.165) is 5.56 Å². The maximum absolute atomic E-state index is 13.2. The third-order valence-corrected chi connectivity index (χ3v) is 5.26. The predicted octanol–water partition coefficient (Wildman–Crippen LogP) is 4.54. The smallest absolute Gasteiger partial charge is 0.278 e. The van der Waals surface area contributed by atoms with Crippen LogP contribution in [0.1, 0.15) is 17.5 Å². The first-order chi connectivity index (χ1) is 14.4. The van der Waals surface area contributed by atoms with Gasteiger partial charge in [-0.15, -0.1) is 0 Å². The summed E-state index contributed by atoms with van der Waals surface area (Å²) in [6.07, 6.45) is 0.524. The molecule has 1 N–H and O–H groups in total. The molecule has 2 aromatic carbocycles. The van der Waals surface area contributed by atoms with Gasteiger partial charge in [-0.25, -0.2) is 0 Å². The van der Waals surface area contributed by atoms with Gasteiger partial charge in [0.05, 0.1) is 23.4 Å². The van der Waals surface area contributed by atoms with Crippen molar-refractivity contribution in [1.29, 1.82) is 0 Å². The maximum atomic E-state index is 13.2. The Morgan fingerprint density at radius 1 is 1.03 bits per heavy atom. The van der Waals surface area contributed by atoms with Crippen LogP contribution in [0.25, 0.3) is 5.57 Å². The van der Waals surface area contributed by atoms with Gasteiger partial charge in [0.2, 0.25) is 0 Å². The van der Waals surface area contributed by atoms with Crippen LogP contribution in [-0.2, 0) is 14.3 Å². The van der Waals surface area contributed by atoms with Crippen molar-refractivity contribution in [1.82, 2.24) is 4.90 Å². The van der Waals surface area contributed by atoms with Crippen molar-refractivity contribution in [3.63, 3.8) is 0 Å². The maximum Gasteiger partial charge on any atom is 0.278 e. The molecule has 0 saturated carbocycles. The summed E-state index contributed by atoms with van der Waals surface area (Å²) in [5, 5.41) is 3.83. The van der Waals surface area contributed by atoms with E-state index in [1.807, 2.05) is 19.1 Å². The van der Waals surface area contributed by atoms with Gasteiger partial charge in [0.25, 0.3) is 11.8 Å². The lowest BCUT2D eigenvalue weighted by atomic mass is 10.0. The van der Waals surface area contributed by atoms with Gasteiger partial charge in [-0.05, 0) is 43.2 Å². The molecule has 30 heavy (non-hydrogen) atoms. The third kappa shape index (κ3) is 4.46. The van der Waals surface area contributed by atoms with Crippen molar-refractivity contribution in [2.24, 2.45) is 0 Å². The molecule has 0 atom stereocenters. The van der Waals surface area contributed by atoms with Gasteiger partial charge in [-0.1, -0.05) is 35.3 Å². The number of aryl methyl sites for hydroxylation is 1. The number of hydrogen-bond donors (Lipinski definition) is 1. The lowest BCUT2D eigenvalue weighted by molar-refractivity contribution is -0.136. The summed E-state index contributed by atoms with van der Waals surface area (Å²) in [6.45, 7) is 2.59. The number of imide groups is 1. The van der Waals surface area contributed by atoms with Crippen molar-refractivity contribution in [2.75, 3.05) is 32.7 Å². The minimum atomic E-state index is -0.430. The van der Waals surface area contributed by atoms with Crippen LogP contribution in [0.3, 0.4) is 0 Å². The van der Waals surface area contributed by atoms with Crippen LogP contribution in [0.4, 0.5) is 5.69 Å². The molecule has 0 unspecified atom stereocenters. The van der Waals surface area contributed by atoms with Gasteiger partial charge in [0.1, 0.15) is 11.4 Å². The Balaban J connectivity index is 2.09. The Labute approximate surface area is 185 Å². The molecule has 2 aromatic rings. The van der Waals surface area contributed by atoms with Crippen LogP contribution in [0.5, 0.6) is 5.75 Å². The molecule has 0 fully saturated rings. The number of benzene rings is 2. The molecule has 0 aliphatic carbocycles. The highest BCUT2D eigenvalue weighted by Crippen LogP contribution is 2.37. The van der Waals surface area contributed by atoms with Crippen molar-refractivity contribution in [3.8, 4) is 5.75 Å². The number of nitrogens with zero attached hydrogens (tertiary/aromatic N) is 1. The largest absolute Gasteiger partial charge is 0.495 e. The normalized spacial score (nSPS) is 14.0. The zero-order valence-electron chi connectivity index (χ0n) is 16.9. The number of amides is 2. The number of methoxy groups -OCH3 is 2. The van der Waals surface area contributed by atoms with Gasteiger partial charge in [-0.3, -0.25) is 14.5 Å². The highest BCUT2D eigenvalue weighted by atomic mass is 35.5. The summed E-state index contributed by atoms with van der Waals surface area (Å²) in [5.74, 6) is -0.303. The molecule has 1 aliphatic heterocycles. The zero-order valence-corrected chi connectivity index (χ0v) is 18.4. The minimum absolute atomic E-state index is 0.144. The number of carbonyl (C=O) groups is 2. The molecule has 0 saturated heterocycles. The Kier molecular flexibility index (Phi) is 7.02. The molecule has 2 amide bonds. The lowest BCUT2D eigenvalue weighted by Crippen LogP contribution is -2.34. The Hall–Kier alpha value is -2.54. The first kappa shape index (κ1) is 22.2. The monoisotopic (exact) mass is 448 g/mol. The first-order valence-electron chi connectivity index (χ1n) is 9.34. The summed E-state index contributed by atoms with van der Waals surface area (Å²) in [5.41, 5.74) is 2.32. The molecule has 3 rings (SSSR count). The topological polar surface area (TPSA) is 67.9 Å². The van der Waals surface area contributed by atoms with Crippen molar-refractivity contribution < 1.29 is 19.1 Å². The molecule has 158 valence electrons. The fraction of sp³-hybridized carbons (Fsp3) is 0.273. The Bertz CT molecular complexity index is 1020. The van der Waals surface area contributed by atoms with E-state index >= 15 is 0 Å². The fourth-order valence-electron chi connectivity index (χ4n) is 3.26. The standard InChI is InChI=1S/C22H22Cl2N2O4/c1-13-5-8-18(30-3)17(11-13)25-20-19(15-7-6-14(23)12-16(15)24)21(27)26(22(20)28)9-4-10-29-2/h5-8,11-12,25H,4,9-10H2,1-3H3.